The molecular formula is C13H11ClN2. The van der Waals surface area contributed by atoms with Gasteiger partial charge < -0.3 is 0 Å². The van der Waals surface area contributed by atoms with Gasteiger partial charge in [-0.15, -0.1) is 11.6 Å². The molecule has 0 heterocycles. The Hall–Kier alpha value is -1.77. The summed E-state index contributed by atoms with van der Waals surface area (Å²) in [6, 6.07) is 5.72. The highest BCUT2D eigenvalue weighted by Gasteiger charge is 2.03. The van der Waals surface area contributed by atoms with Gasteiger partial charge in [-0.25, -0.2) is 10.1 Å². The first-order valence-corrected chi connectivity index (χ1v) is 5.31. The van der Waals surface area contributed by atoms with E-state index in [1.165, 1.54) is 0 Å². The van der Waals surface area contributed by atoms with Crippen LogP contribution in [0.15, 0.2) is 17.8 Å². The van der Waals surface area contributed by atoms with Crippen LogP contribution in [0.25, 0.3) is 10.9 Å². The summed E-state index contributed by atoms with van der Waals surface area (Å²) in [5, 5.41) is 8.67. The molecule has 0 fully saturated rings. The van der Waals surface area contributed by atoms with Gasteiger partial charge >= 0.3 is 0 Å². The van der Waals surface area contributed by atoms with Crippen LogP contribution < -0.4 is 0 Å². The number of aryl methyl sites for hydroxylation is 2. The average Bonchev–Trinajstić information content (AvgIpc) is 2.25. The van der Waals surface area contributed by atoms with Crippen LogP contribution in [0.2, 0.25) is 0 Å². The van der Waals surface area contributed by atoms with Gasteiger partial charge in [-0.3, -0.25) is 0 Å². The summed E-state index contributed by atoms with van der Waals surface area (Å²) in [5.74, 6) is 0.482. The van der Waals surface area contributed by atoms with Crippen LogP contribution in [0.4, 0.5) is 0 Å². The lowest BCUT2D eigenvalue weighted by atomic mass is 10.00. The summed E-state index contributed by atoms with van der Waals surface area (Å²) >= 11 is 5.83. The normalized spacial score (nSPS) is 10.7. The molecule has 0 N–H and O–H groups in total. The summed E-state index contributed by atoms with van der Waals surface area (Å²) in [6.07, 6.45) is 1.59. The molecule has 0 atom stereocenters. The third kappa shape index (κ3) is 2.63. The van der Waals surface area contributed by atoms with Gasteiger partial charge in [0.25, 0.3) is 5.70 Å². The number of allylic oxidation sites excluding steroid dienone is 1. The highest BCUT2D eigenvalue weighted by Crippen LogP contribution is 2.20. The first-order chi connectivity index (χ1) is 7.62. The predicted octanol–water partition coefficient (Wildman–Crippen LogP) is 3.83. The standard InChI is InChI=1S/C13H11ClN2/c1-9-4-11(6-12(8-15)16-3)5-10(2)13(9)7-14/h4-6H,7H2,1-2H3/b12-6+. The van der Waals surface area contributed by atoms with Crippen molar-refractivity contribution in [2.24, 2.45) is 0 Å². The minimum Gasteiger partial charge on any atom is -0.227 e. The van der Waals surface area contributed by atoms with Crippen LogP contribution in [0, 0.1) is 31.8 Å². The van der Waals surface area contributed by atoms with E-state index in [1.807, 2.05) is 32.0 Å². The average molecular weight is 231 g/mol. The van der Waals surface area contributed by atoms with Gasteiger partial charge in [-0.1, -0.05) is 12.1 Å². The summed E-state index contributed by atoms with van der Waals surface area (Å²) in [6.45, 7) is 10.8. The molecule has 80 valence electrons. The van der Waals surface area contributed by atoms with Crippen LogP contribution in [0.1, 0.15) is 22.3 Å². The molecule has 0 spiro atoms. The molecule has 1 aromatic carbocycles. The minimum absolute atomic E-state index is 0.0948. The number of nitrogens with zero attached hydrogens (tertiary/aromatic N) is 2. The van der Waals surface area contributed by atoms with E-state index in [9.17, 15) is 0 Å². The molecule has 0 aromatic heterocycles. The van der Waals surface area contributed by atoms with Crippen LogP contribution in [-0.2, 0) is 5.88 Å². The zero-order chi connectivity index (χ0) is 12.1. The number of rotatable bonds is 2. The Morgan fingerprint density at radius 3 is 2.44 bits per heavy atom. The predicted molar refractivity (Wildman–Crippen MR) is 65.7 cm³/mol. The quantitative estimate of drug-likeness (QED) is 0.431. The molecule has 0 radical (unpaired) electrons. The zero-order valence-corrected chi connectivity index (χ0v) is 9.97. The molecule has 0 unspecified atom stereocenters. The van der Waals surface area contributed by atoms with Gasteiger partial charge in [0, 0.05) is 5.88 Å². The molecule has 0 aliphatic heterocycles. The molecule has 2 nitrogen and oxygen atoms in total. The van der Waals surface area contributed by atoms with E-state index in [0.717, 1.165) is 22.3 Å². The summed E-state index contributed by atoms with van der Waals surface area (Å²) in [4.78, 5) is 3.13. The Bertz CT molecular complexity index is 477. The topological polar surface area (TPSA) is 28.1 Å². The Kier molecular flexibility index (Phi) is 4.11. The van der Waals surface area contributed by atoms with Gasteiger partial charge in [-0.2, -0.15) is 0 Å². The van der Waals surface area contributed by atoms with E-state index in [-0.39, 0.29) is 5.70 Å². The second-order valence-electron chi connectivity index (χ2n) is 3.52. The summed E-state index contributed by atoms with van der Waals surface area (Å²) < 4.78 is 0. The van der Waals surface area contributed by atoms with Crippen LogP contribution in [-0.4, -0.2) is 0 Å². The van der Waals surface area contributed by atoms with E-state index in [0.29, 0.717) is 5.88 Å². The fourth-order valence-corrected chi connectivity index (χ4v) is 1.99. The number of hydrogen-bond acceptors (Lipinski definition) is 1. The molecule has 1 aromatic rings. The van der Waals surface area contributed by atoms with Crippen LogP contribution in [0.5, 0.6) is 0 Å². The monoisotopic (exact) mass is 230 g/mol. The maximum atomic E-state index is 8.67. The maximum absolute atomic E-state index is 8.67. The number of hydrogen-bond donors (Lipinski definition) is 0. The highest BCUT2D eigenvalue weighted by atomic mass is 35.5. The number of benzene rings is 1. The van der Waals surface area contributed by atoms with Crippen molar-refractivity contribution in [3.63, 3.8) is 0 Å². The molecule has 0 saturated carbocycles. The lowest BCUT2D eigenvalue weighted by Gasteiger charge is -2.08. The molecule has 0 aliphatic carbocycles. The summed E-state index contributed by atoms with van der Waals surface area (Å²) in [5.41, 5.74) is 4.25. The van der Waals surface area contributed by atoms with Crippen molar-refractivity contribution in [1.82, 2.24) is 0 Å². The Morgan fingerprint density at radius 1 is 1.50 bits per heavy atom. The van der Waals surface area contributed by atoms with Gasteiger partial charge in [-0.05, 0) is 42.2 Å². The maximum Gasteiger partial charge on any atom is 0.262 e. The Morgan fingerprint density at radius 2 is 2.06 bits per heavy atom. The third-order valence-corrected chi connectivity index (χ3v) is 2.66. The highest BCUT2D eigenvalue weighted by molar-refractivity contribution is 6.17. The van der Waals surface area contributed by atoms with Gasteiger partial charge in [0.15, 0.2) is 0 Å². The lowest BCUT2D eigenvalue weighted by molar-refractivity contribution is 1.23. The van der Waals surface area contributed by atoms with E-state index < -0.39 is 0 Å². The number of nitriles is 1. The first-order valence-electron chi connectivity index (χ1n) is 4.77. The van der Waals surface area contributed by atoms with E-state index in [1.54, 1.807) is 6.08 Å². The Balaban J connectivity index is 3.27. The first kappa shape index (κ1) is 12.3. The minimum atomic E-state index is 0.0948. The third-order valence-electron chi connectivity index (χ3n) is 2.39. The van der Waals surface area contributed by atoms with E-state index in [2.05, 4.69) is 4.85 Å². The number of alkyl halides is 1. The van der Waals surface area contributed by atoms with Gasteiger partial charge in [0.05, 0.1) is 12.6 Å². The van der Waals surface area contributed by atoms with Crippen molar-refractivity contribution in [1.29, 1.82) is 5.26 Å². The largest absolute Gasteiger partial charge is 0.262 e. The van der Waals surface area contributed by atoms with Gasteiger partial charge in [0.1, 0.15) is 0 Å². The van der Waals surface area contributed by atoms with Crippen molar-refractivity contribution < 1.29 is 0 Å². The molecule has 0 aliphatic rings. The molecule has 0 bridgehead atoms. The van der Waals surface area contributed by atoms with Crippen molar-refractivity contribution in [2.75, 3.05) is 0 Å². The molecule has 0 saturated heterocycles. The molecule has 3 heteroatoms. The fourth-order valence-electron chi connectivity index (χ4n) is 1.57. The van der Waals surface area contributed by atoms with Crippen LogP contribution >= 0.6 is 11.6 Å². The smallest absolute Gasteiger partial charge is 0.227 e. The van der Waals surface area contributed by atoms with Crippen molar-refractivity contribution >= 4 is 17.7 Å². The second kappa shape index (κ2) is 5.35. The van der Waals surface area contributed by atoms with Crippen LogP contribution in [0.3, 0.4) is 0 Å². The second-order valence-corrected chi connectivity index (χ2v) is 3.79. The molecular weight excluding hydrogens is 220 g/mol. The van der Waals surface area contributed by atoms with Crippen molar-refractivity contribution in [2.45, 2.75) is 19.7 Å². The lowest BCUT2D eigenvalue weighted by Crippen LogP contribution is -1.91. The molecule has 0 amide bonds. The molecule has 1 rings (SSSR count). The van der Waals surface area contributed by atoms with E-state index in [4.69, 9.17) is 23.4 Å². The summed E-state index contributed by atoms with van der Waals surface area (Å²) in [7, 11) is 0. The molecule has 16 heavy (non-hydrogen) atoms. The fraction of sp³-hybridized carbons (Fsp3) is 0.231. The SMILES string of the molecule is [C-]#[N+]/C(C#N)=C/c1cc(C)c(CCl)c(C)c1. The van der Waals surface area contributed by atoms with E-state index >= 15 is 0 Å². The number of halogens is 1. The zero-order valence-electron chi connectivity index (χ0n) is 9.21. The van der Waals surface area contributed by atoms with Crippen molar-refractivity contribution in [3.8, 4) is 6.07 Å². The van der Waals surface area contributed by atoms with Gasteiger partial charge in [0.2, 0.25) is 0 Å². The van der Waals surface area contributed by atoms with Crippen molar-refractivity contribution in [3.05, 3.63) is 51.5 Å². The Labute approximate surface area is 101 Å².